The van der Waals surface area contributed by atoms with E-state index < -0.39 is 112 Å². The molecule has 3 aromatic rings. The molecule has 392 valence electrons. The number of rotatable bonds is 21. The van der Waals surface area contributed by atoms with E-state index in [1.54, 1.807) is 26.0 Å². The van der Waals surface area contributed by atoms with Crippen LogP contribution in [0.4, 0.5) is 25.2 Å². The second-order valence-electron chi connectivity index (χ2n) is 19.1. The van der Waals surface area contributed by atoms with E-state index in [-0.39, 0.29) is 90.7 Å². The molecule has 1 aromatic carbocycles. The number of halogens is 2. The van der Waals surface area contributed by atoms with Gasteiger partial charge in [-0.15, -0.1) is 0 Å². The summed E-state index contributed by atoms with van der Waals surface area (Å²) in [5, 5.41) is 51.6. The predicted molar refractivity (Wildman–Crippen MR) is 263 cm³/mol. The number of nitrogens with two attached hydrogens (primary N) is 1. The number of carbonyl (C=O) groups excluding carboxylic acids is 4. The van der Waals surface area contributed by atoms with Crippen molar-refractivity contribution in [3.8, 4) is 0 Å². The van der Waals surface area contributed by atoms with Gasteiger partial charge < -0.3 is 51.6 Å². The lowest BCUT2D eigenvalue weighted by Crippen LogP contribution is -2.70. The number of ether oxygens (including phenoxy) is 2. The number of aliphatic hydroxyl groups is 2. The van der Waals surface area contributed by atoms with Crippen molar-refractivity contribution >= 4 is 80.0 Å². The maximum Gasteiger partial charge on any atom is 0.508 e. The molecule has 7 rings (SSSR count). The number of aliphatic hydroxyl groups excluding tert-OH is 1. The number of carbonyl (C=O) groups is 6. The van der Waals surface area contributed by atoms with Crippen LogP contribution in [0.15, 0.2) is 71.3 Å². The van der Waals surface area contributed by atoms with Crippen LogP contribution in [-0.4, -0.2) is 136 Å². The SMILES string of the molecule is C=C(CCC(NC(=O)c1ccc(NCc2cnc3nc(N)[nH]c(=O)c3n2)cc1)C(=O)O)NC(CSSCCOC(=O)OCC(=O)C1(O)C(C)CC2C3CC(F)C4=CC(=O)C=CC4(C)C3(F)C(O)CC21C)C(=O)O. The molecule has 10 N–H and O–H groups in total. The van der Waals surface area contributed by atoms with Gasteiger partial charge in [0.05, 0.1) is 24.5 Å². The Hall–Kier alpha value is -6.44. The molecule has 0 saturated heterocycles. The fraction of sp³-hybridized carbons (Fsp3) is 0.500. The number of aromatic amines is 1. The number of carboxylic acid groups (broad SMARTS) is 2. The number of allylic oxidation sites excluding steroid dienone is 5. The summed E-state index contributed by atoms with van der Waals surface area (Å²) in [5.74, 6) is -7.17. The van der Waals surface area contributed by atoms with Crippen LogP contribution >= 0.6 is 21.6 Å². The van der Waals surface area contributed by atoms with E-state index in [4.69, 9.17) is 15.2 Å². The number of nitrogens with one attached hydrogen (secondary N) is 4. The molecular weight excluding hydrogens is 999 g/mol. The second kappa shape index (κ2) is 21.6. The minimum absolute atomic E-state index is 0.000503. The van der Waals surface area contributed by atoms with Crippen LogP contribution in [0.25, 0.3) is 11.2 Å². The summed E-state index contributed by atoms with van der Waals surface area (Å²) < 4.78 is 43.4. The number of hydrogen-bond donors (Lipinski definition) is 9. The summed E-state index contributed by atoms with van der Waals surface area (Å²) in [4.78, 5) is 102. The predicted octanol–water partition coefficient (Wildman–Crippen LogP) is 3.83. The molecule has 25 heteroatoms. The van der Waals surface area contributed by atoms with Gasteiger partial charge in [-0.2, -0.15) is 4.98 Å². The Morgan fingerprint density at radius 2 is 1.73 bits per heavy atom. The fourth-order valence-corrected chi connectivity index (χ4v) is 13.0. The van der Waals surface area contributed by atoms with Crippen LogP contribution in [0.3, 0.4) is 0 Å². The molecule has 11 unspecified atom stereocenters. The molecule has 73 heavy (non-hydrogen) atoms. The van der Waals surface area contributed by atoms with E-state index in [2.05, 4.69) is 42.5 Å². The molecule has 1 amide bonds. The standard InChI is InChI=1S/C48H56F2N8O13S2/c1-23-15-29-30-17-32(49)31-16-28(59)11-12-45(31,3)47(30,50)35(60)18-46(29,4)48(23,69)36(61)21-71-44(68)70-13-14-72-73-22-34(42(66)67)54-24(2)5-10-33(41(64)65)56-39(62)25-6-8-26(9-7-25)52-19-27-20-53-38-37(55-27)40(63)58-43(51)57-38/h6-9,11-12,16,20,23,29-30,32-35,52,54,60,69H,2,5,10,13-15,17-19,21-22H2,1,3-4H3,(H,56,62)(H,64,65)(H,66,67)(H3,51,53,57,58,63). The Kier molecular flexibility index (Phi) is 16.1. The molecule has 3 saturated carbocycles. The van der Waals surface area contributed by atoms with Gasteiger partial charge >= 0.3 is 18.1 Å². The van der Waals surface area contributed by atoms with Gasteiger partial charge in [0, 0.05) is 45.2 Å². The lowest BCUT2D eigenvalue weighted by molar-refractivity contribution is -0.224. The number of amides is 1. The van der Waals surface area contributed by atoms with Gasteiger partial charge in [0.15, 0.2) is 29.2 Å². The highest BCUT2D eigenvalue weighted by molar-refractivity contribution is 8.76. The molecule has 4 aliphatic rings. The Balaban J connectivity index is 0.807. The number of nitrogens with zero attached hydrogens (tertiary/aromatic N) is 3. The number of Topliss-reactive ketones (excluding diaryl/α,β-unsaturated/α-hetero) is 1. The molecule has 0 bridgehead atoms. The summed E-state index contributed by atoms with van der Waals surface area (Å²) in [7, 11) is 2.28. The van der Waals surface area contributed by atoms with Crippen molar-refractivity contribution in [2.24, 2.45) is 28.6 Å². The van der Waals surface area contributed by atoms with Crippen molar-refractivity contribution in [3.63, 3.8) is 0 Å². The number of aromatic nitrogens is 4. The number of hydrogen-bond acceptors (Lipinski definition) is 19. The van der Waals surface area contributed by atoms with Gasteiger partial charge in [-0.05, 0) is 92.9 Å². The van der Waals surface area contributed by atoms with Gasteiger partial charge in [0.1, 0.15) is 30.5 Å². The third-order valence-corrected chi connectivity index (χ3v) is 17.2. The molecule has 2 heterocycles. The molecule has 0 aliphatic heterocycles. The van der Waals surface area contributed by atoms with E-state index >= 15 is 8.78 Å². The number of fused-ring (bicyclic) bond motifs is 6. The molecule has 2 aromatic heterocycles. The summed E-state index contributed by atoms with van der Waals surface area (Å²) in [5.41, 5.74) is -1.20. The summed E-state index contributed by atoms with van der Waals surface area (Å²) >= 11 is 0. The Morgan fingerprint density at radius 3 is 2.42 bits per heavy atom. The van der Waals surface area contributed by atoms with Crippen LogP contribution in [-0.2, 0) is 35.2 Å². The normalized spacial score (nSPS) is 28.8. The minimum atomic E-state index is -2.40. The Bertz CT molecular complexity index is 2820. The lowest BCUT2D eigenvalue weighted by Gasteiger charge is -2.63. The number of H-pyrrole nitrogens is 1. The quantitative estimate of drug-likeness (QED) is 0.0416. The zero-order valence-corrected chi connectivity index (χ0v) is 41.5. The zero-order chi connectivity index (χ0) is 53.2. The Labute approximate surface area is 424 Å². The first-order valence-corrected chi connectivity index (χ1v) is 25.7. The van der Waals surface area contributed by atoms with E-state index in [1.165, 1.54) is 31.3 Å². The van der Waals surface area contributed by atoms with Crippen molar-refractivity contribution in [1.29, 1.82) is 0 Å². The van der Waals surface area contributed by atoms with Gasteiger partial charge in [0.2, 0.25) is 11.7 Å². The lowest BCUT2D eigenvalue weighted by atomic mass is 9.44. The van der Waals surface area contributed by atoms with Crippen LogP contribution in [0.2, 0.25) is 0 Å². The van der Waals surface area contributed by atoms with E-state index in [0.717, 1.165) is 33.7 Å². The van der Waals surface area contributed by atoms with E-state index in [0.29, 0.717) is 11.4 Å². The van der Waals surface area contributed by atoms with Gasteiger partial charge in [-0.1, -0.05) is 48.1 Å². The summed E-state index contributed by atoms with van der Waals surface area (Å²) in [6.07, 6.45) is -0.416. The first-order valence-electron chi connectivity index (χ1n) is 23.2. The van der Waals surface area contributed by atoms with Crippen LogP contribution in [0.1, 0.15) is 68.9 Å². The third kappa shape index (κ3) is 10.7. The van der Waals surface area contributed by atoms with Gasteiger partial charge in [-0.25, -0.2) is 33.1 Å². The number of nitrogen functional groups attached to an aromatic ring is 1. The van der Waals surface area contributed by atoms with Crippen LogP contribution in [0.5, 0.6) is 0 Å². The number of alkyl halides is 2. The molecule has 21 nitrogen and oxygen atoms in total. The monoisotopic (exact) mass is 1050 g/mol. The smallest absolute Gasteiger partial charge is 0.480 e. The second-order valence-corrected chi connectivity index (χ2v) is 21.8. The maximum atomic E-state index is 17.5. The first kappa shape index (κ1) is 54.3. The van der Waals surface area contributed by atoms with Crippen LogP contribution < -0.4 is 27.2 Å². The van der Waals surface area contributed by atoms with Crippen molar-refractivity contribution in [3.05, 3.63) is 88.2 Å². The average molecular weight is 1060 g/mol. The number of carboxylic acids is 2. The number of ketones is 2. The third-order valence-electron chi connectivity index (χ3n) is 14.8. The highest BCUT2D eigenvalue weighted by Crippen LogP contribution is 2.71. The molecule has 3 fully saturated rings. The highest BCUT2D eigenvalue weighted by atomic mass is 33.1. The zero-order valence-electron chi connectivity index (χ0n) is 39.9. The minimum Gasteiger partial charge on any atom is -0.480 e. The Morgan fingerprint density at radius 1 is 1.01 bits per heavy atom. The van der Waals surface area contributed by atoms with Gasteiger partial charge in [0.25, 0.3) is 11.5 Å². The molecule has 11 atom stereocenters. The maximum absolute atomic E-state index is 17.5. The van der Waals surface area contributed by atoms with Crippen molar-refractivity contribution < 1.29 is 67.4 Å². The van der Waals surface area contributed by atoms with E-state index in [9.17, 15) is 54.0 Å². The molecule has 4 aliphatic carbocycles. The molecule has 0 spiro atoms. The van der Waals surface area contributed by atoms with Gasteiger partial charge in [-0.3, -0.25) is 24.2 Å². The average Bonchev–Trinajstić information content (AvgIpc) is 3.54. The first-order chi connectivity index (χ1) is 34.4. The molecule has 0 radical (unpaired) electrons. The van der Waals surface area contributed by atoms with Crippen molar-refractivity contribution in [2.45, 2.75) is 95.0 Å². The fourth-order valence-electron chi connectivity index (χ4n) is 11.0. The topological polar surface area (TPSA) is 335 Å². The highest BCUT2D eigenvalue weighted by Gasteiger charge is 2.76. The number of aliphatic carboxylic acids is 2. The van der Waals surface area contributed by atoms with Crippen LogP contribution in [0, 0.1) is 28.6 Å². The number of anilines is 2. The summed E-state index contributed by atoms with van der Waals surface area (Å²) in [6.45, 7) is 7.50. The van der Waals surface area contributed by atoms with Crippen molar-refractivity contribution in [2.75, 3.05) is 35.8 Å². The molecular formula is C48H56F2N8O13S2. The van der Waals surface area contributed by atoms with E-state index in [1.807, 2.05) is 0 Å². The number of benzene rings is 1. The van der Waals surface area contributed by atoms with Crippen molar-refractivity contribution in [1.82, 2.24) is 30.6 Å². The summed E-state index contributed by atoms with van der Waals surface area (Å²) in [6, 6.07) is 3.64. The largest absolute Gasteiger partial charge is 0.508 e.